The molecule has 0 spiro atoms. The minimum atomic E-state index is -0.849. The topological polar surface area (TPSA) is 49.4 Å². The summed E-state index contributed by atoms with van der Waals surface area (Å²) in [4.78, 5) is 26.8. The molecule has 0 aliphatic heterocycles. The second kappa shape index (κ2) is 8.24. The zero-order chi connectivity index (χ0) is 17.5. The van der Waals surface area contributed by atoms with Crippen LogP contribution in [0.2, 0.25) is 0 Å². The molecule has 0 radical (unpaired) electrons. The molecular formula is C19H21FN2O2. The summed E-state index contributed by atoms with van der Waals surface area (Å²) in [5, 5.41) is 2.67. The molecule has 0 fully saturated rings. The molecular weight excluding hydrogens is 307 g/mol. The van der Waals surface area contributed by atoms with Crippen molar-refractivity contribution in [1.82, 2.24) is 10.2 Å². The molecule has 126 valence electrons. The fourth-order valence-corrected chi connectivity index (χ4v) is 2.51. The predicted octanol–water partition coefficient (Wildman–Crippen LogP) is 3.17. The van der Waals surface area contributed by atoms with Crippen molar-refractivity contribution >= 4 is 11.8 Å². The Labute approximate surface area is 141 Å². The van der Waals surface area contributed by atoms with E-state index in [2.05, 4.69) is 5.32 Å². The third-order valence-electron chi connectivity index (χ3n) is 3.85. The van der Waals surface area contributed by atoms with Gasteiger partial charge < -0.3 is 10.2 Å². The first-order chi connectivity index (χ1) is 11.6. The van der Waals surface area contributed by atoms with Gasteiger partial charge in [-0.2, -0.15) is 0 Å². The molecule has 2 aromatic rings. The normalized spacial score (nSPS) is 11.6. The summed E-state index contributed by atoms with van der Waals surface area (Å²) < 4.78 is 13.8. The zero-order valence-electron chi connectivity index (χ0n) is 13.8. The summed E-state index contributed by atoms with van der Waals surface area (Å²) >= 11 is 0. The van der Waals surface area contributed by atoms with Crippen LogP contribution in [0, 0.1) is 5.82 Å². The second-order valence-electron chi connectivity index (χ2n) is 5.31. The maximum absolute atomic E-state index is 13.8. The van der Waals surface area contributed by atoms with E-state index < -0.39 is 17.8 Å². The quantitative estimate of drug-likeness (QED) is 0.885. The molecule has 4 nitrogen and oxygen atoms in total. The highest BCUT2D eigenvalue weighted by Crippen LogP contribution is 2.17. The molecule has 0 aliphatic rings. The summed E-state index contributed by atoms with van der Waals surface area (Å²) in [6, 6.07) is 13.8. The predicted molar refractivity (Wildman–Crippen MR) is 91.0 cm³/mol. The Morgan fingerprint density at radius 3 is 2.17 bits per heavy atom. The van der Waals surface area contributed by atoms with Gasteiger partial charge in [0.2, 0.25) is 5.91 Å². The standard InChI is InChI=1S/C19H21FN2O2/c1-3-22(4-2)19(24)17(14-10-6-5-7-11-14)21-18(23)15-12-8-9-13-16(15)20/h5-13,17H,3-4H2,1-2H3,(H,21,23)/t17-/m0/s1. The molecule has 0 aliphatic carbocycles. The monoisotopic (exact) mass is 328 g/mol. The molecule has 5 heteroatoms. The number of nitrogens with one attached hydrogen (secondary N) is 1. The van der Waals surface area contributed by atoms with Gasteiger partial charge in [-0.25, -0.2) is 4.39 Å². The summed E-state index contributed by atoms with van der Waals surface area (Å²) in [5.74, 6) is -1.43. The minimum Gasteiger partial charge on any atom is -0.341 e. The van der Waals surface area contributed by atoms with Crippen LogP contribution in [0.4, 0.5) is 4.39 Å². The van der Waals surface area contributed by atoms with Crippen LogP contribution >= 0.6 is 0 Å². The average molecular weight is 328 g/mol. The Balaban J connectivity index is 2.31. The molecule has 0 bridgehead atoms. The maximum Gasteiger partial charge on any atom is 0.255 e. The van der Waals surface area contributed by atoms with Gasteiger partial charge >= 0.3 is 0 Å². The van der Waals surface area contributed by atoms with Crippen molar-refractivity contribution in [2.24, 2.45) is 0 Å². The summed E-state index contributed by atoms with van der Waals surface area (Å²) in [6.45, 7) is 4.83. The summed E-state index contributed by atoms with van der Waals surface area (Å²) in [6.07, 6.45) is 0. The summed E-state index contributed by atoms with van der Waals surface area (Å²) in [7, 11) is 0. The van der Waals surface area contributed by atoms with Gasteiger partial charge in [0.25, 0.3) is 5.91 Å². The molecule has 2 amide bonds. The largest absolute Gasteiger partial charge is 0.341 e. The van der Waals surface area contributed by atoms with Crippen molar-refractivity contribution in [3.63, 3.8) is 0 Å². The van der Waals surface area contributed by atoms with Crippen LogP contribution < -0.4 is 5.32 Å². The highest BCUT2D eigenvalue weighted by Gasteiger charge is 2.27. The lowest BCUT2D eigenvalue weighted by Gasteiger charge is -2.26. The van der Waals surface area contributed by atoms with Crippen LogP contribution in [-0.4, -0.2) is 29.8 Å². The van der Waals surface area contributed by atoms with E-state index in [1.807, 2.05) is 19.9 Å². The number of benzene rings is 2. The number of carbonyl (C=O) groups excluding carboxylic acids is 2. The van der Waals surface area contributed by atoms with Crippen molar-refractivity contribution in [2.75, 3.05) is 13.1 Å². The third kappa shape index (κ3) is 3.98. The SMILES string of the molecule is CCN(CC)C(=O)[C@@H](NC(=O)c1ccccc1F)c1ccccc1. The van der Waals surface area contributed by atoms with Gasteiger partial charge in [-0.3, -0.25) is 9.59 Å². The van der Waals surface area contributed by atoms with Crippen LogP contribution in [-0.2, 0) is 4.79 Å². The fraction of sp³-hybridized carbons (Fsp3) is 0.263. The van der Waals surface area contributed by atoms with Gasteiger partial charge in [0.15, 0.2) is 0 Å². The maximum atomic E-state index is 13.8. The second-order valence-corrected chi connectivity index (χ2v) is 5.31. The minimum absolute atomic E-state index is 0.0780. The van der Waals surface area contributed by atoms with Crippen LogP contribution in [0.3, 0.4) is 0 Å². The number of hydrogen-bond acceptors (Lipinski definition) is 2. The van der Waals surface area contributed by atoms with Crippen molar-refractivity contribution in [3.05, 3.63) is 71.5 Å². The van der Waals surface area contributed by atoms with Crippen LogP contribution in [0.5, 0.6) is 0 Å². The van der Waals surface area contributed by atoms with Crippen LogP contribution in [0.1, 0.15) is 35.8 Å². The molecule has 2 rings (SSSR count). The van der Waals surface area contributed by atoms with Crippen molar-refractivity contribution in [1.29, 1.82) is 0 Å². The molecule has 1 atom stereocenters. The van der Waals surface area contributed by atoms with Crippen LogP contribution in [0.15, 0.2) is 54.6 Å². The van der Waals surface area contributed by atoms with E-state index in [4.69, 9.17) is 0 Å². The van der Waals surface area contributed by atoms with E-state index in [0.29, 0.717) is 18.7 Å². The number of rotatable bonds is 6. The third-order valence-corrected chi connectivity index (χ3v) is 3.85. The van der Waals surface area contributed by atoms with Gasteiger partial charge in [0.1, 0.15) is 11.9 Å². The Hall–Kier alpha value is -2.69. The first-order valence-corrected chi connectivity index (χ1v) is 7.97. The highest BCUT2D eigenvalue weighted by molar-refractivity contribution is 5.98. The molecule has 0 saturated heterocycles. The molecule has 0 unspecified atom stereocenters. The van der Waals surface area contributed by atoms with E-state index in [9.17, 15) is 14.0 Å². The fourth-order valence-electron chi connectivity index (χ4n) is 2.51. The van der Waals surface area contributed by atoms with E-state index in [1.54, 1.807) is 35.2 Å². The molecule has 0 aromatic heterocycles. The van der Waals surface area contributed by atoms with E-state index >= 15 is 0 Å². The molecule has 0 heterocycles. The van der Waals surface area contributed by atoms with Crippen molar-refractivity contribution < 1.29 is 14.0 Å². The summed E-state index contributed by atoms with van der Waals surface area (Å²) in [5.41, 5.74) is 0.588. The van der Waals surface area contributed by atoms with Gasteiger partial charge in [0, 0.05) is 13.1 Å². The lowest BCUT2D eigenvalue weighted by atomic mass is 10.0. The van der Waals surface area contributed by atoms with Crippen molar-refractivity contribution in [2.45, 2.75) is 19.9 Å². The van der Waals surface area contributed by atoms with Gasteiger partial charge in [-0.1, -0.05) is 42.5 Å². The average Bonchev–Trinajstić information content (AvgIpc) is 2.61. The Bertz CT molecular complexity index is 700. The lowest BCUT2D eigenvalue weighted by molar-refractivity contribution is -0.133. The Morgan fingerprint density at radius 2 is 1.58 bits per heavy atom. The molecule has 0 saturated carbocycles. The number of halogens is 1. The van der Waals surface area contributed by atoms with Crippen LogP contribution in [0.25, 0.3) is 0 Å². The first-order valence-electron chi connectivity index (χ1n) is 7.97. The Kier molecular flexibility index (Phi) is 6.07. The van der Waals surface area contributed by atoms with Gasteiger partial charge in [-0.05, 0) is 31.5 Å². The lowest BCUT2D eigenvalue weighted by Crippen LogP contribution is -2.43. The molecule has 1 N–H and O–H groups in total. The molecule has 24 heavy (non-hydrogen) atoms. The van der Waals surface area contributed by atoms with Gasteiger partial charge in [-0.15, -0.1) is 0 Å². The zero-order valence-corrected chi connectivity index (χ0v) is 13.8. The number of nitrogens with zero attached hydrogens (tertiary/aromatic N) is 1. The Morgan fingerprint density at radius 1 is 1.00 bits per heavy atom. The van der Waals surface area contributed by atoms with Crippen molar-refractivity contribution in [3.8, 4) is 0 Å². The van der Waals surface area contributed by atoms with E-state index in [0.717, 1.165) is 0 Å². The number of carbonyl (C=O) groups is 2. The van der Waals surface area contributed by atoms with Gasteiger partial charge in [0.05, 0.1) is 5.56 Å². The number of amides is 2. The van der Waals surface area contributed by atoms with E-state index in [1.165, 1.54) is 18.2 Å². The number of hydrogen-bond donors (Lipinski definition) is 1. The first kappa shape index (κ1) is 17.7. The number of likely N-dealkylation sites (N-methyl/N-ethyl adjacent to an activating group) is 1. The smallest absolute Gasteiger partial charge is 0.255 e. The van der Waals surface area contributed by atoms with E-state index in [-0.39, 0.29) is 11.5 Å². The highest BCUT2D eigenvalue weighted by atomic mass is 19.1. The molecule has 2 aromatic carbocycles.